The fourth-order valence-electron chi connectivity index (χ4n) is 1.46. The molecule has 2 nitrogen and oxygen atoms in total. The molecule has 5 heteroatoms. The van der Waals surface area contributed by atoms with Gasteiger partial charge in [-0.15, -0.1) is 11.3 Å². The van der Waals surface area contributed by atoms with Crippen molar-refractivity contribution in [3.05, 3.63) is 39.2 Å². The van der Waals surface area contributed by atoms with Gasteiger partial charge in [0.2, 0.25) is 0 Å². The Hall–Kier alpha value is -1.03. The molecule has 0 atom stereocenters. The highest BCUT2D eigenvalue weighted by Gasteiger charge is 2.12. The topological polar surface area (TPSA) is 37.3 Å². The molecule has 1 heterocycles. The minimum atomic E-state index is 0.139. The molecule has 0 amide bonds. The van der Waals surface area contributed by atoms with E-state index in [-0.39, 0.29) is 12.2 Å². The average molecular weight is 287 g/mol. The molecule has 0 aliphatic rings. The van der Waals surface area contributed by atoms with E-state index in [4.69, 9.17) is 23.2 Å². The second-order valence-electron chi connectivity index (χ2n) is 3.44. The maximum Gasteiger partial charge on any atom is 0.137 e. The molecule has 0 spiro atoms. The SMILES string of the molecule is O=CCc1csc(-c2ccc(Cl)c(Cl)c2)c1O. The van der Waals surface area contributed by atoms with Gasteiger partial charge < -0.3 is 9.90 Å². The van der Waals surface area contributed by atoms with Crippen molar-refractivity contribution >= 4 is 40.8 Å². The number of hydrogen-bond donors (Lipinski definition) is 1. The van der Waals surface area contributed by atoms with E-state index in [0.717, 1.165) is 11.8 Å². The number of rotatable bonds is 3. The van der Waals surface area contributed by atoms with Crippen LogP contribution in [0, 0.1) is 0 Å². The normalized spacial score (nSPS) is 10.5. The first-order chi connectivity index (χ1) is 8.13. The Balaban J connectivity index is 2.46. The summed E-state index contributed by atoms with van der Waals surface area (Å²) in [5.74, 6) is 0.139. The smallest absolute Gasteiger partial charge is 0.137 e. The molecule has 0 radical (unpaired) electrons. The van der Waals surface area contributed by atoms with E-state index in [2.05, 4.69) is 0 Å². The summed E-state index contributed by atoms with van der Waals surface area (Å²) >= 11 is 13.1. The third-order valence-electron chi connectivity index (χ3n) is 2.32. The second kappa shape index (κ2) is 5.08. The summed E-state index contributed by atoms with van der Waals surface area (Å²) in [6.45, 7) is 0. The van der Waals surface area contributed by atoms with Crippen LogP contribution in [0.5, 0.6) is 5.75 Å². The third kappa shape index (κ3) is 2.46. The molecule has 0 saturated heterocycles. The van der Waals surface area contributed by atoms with Gasteiger partial charge in [0, 0.05) is 12.0 Å². The van der Waals surface area contributed by atoms with Crippen LogP contribution in [0.1, 0.15) is 5.56 Å². The highest BCUT2D eigenvalue weighted by atomic mass is 35.5. The van der Waals surface area contributed by atoms with Gasteiger partial charge in [0.1, 0.15) is 12.0 Å². The fourth-order valence-corrected chi connectivity index (χ4v) is 2.74. The van der Waals surface area contributed by atoms with Gasteiger partial charge in [0.05, 0.1) is 14.9 Å². The van der Waals surface area contributed by atoms with Crippen molar-refractivity contribution in [2.24, 2.45) is 0 Å². The predicted octanol–water partition coefficient (Wildman–Crippen LogP) is 4.17. The van der Waals surface area contributed by atoms with Crippen LogP contribution in [0.4, 0.5) is 0 Å². The van der Waals surface area contributed by atoms with Gasteiger partial charge in [-0.25, -0.2) is 0 Å². The molecule has 0 fully saturated rings. The molecule has 0 unspecified atom stereocenters. The van der Waals surface area contributed by atoms with Gasteiger partial charge in [0.15, 0.2) is 0 Å². The van der Waals surface area contributed by atoms with E-state index >= 15 is 0 Å². The standard InChI is InChI=1S/C12H8Cl2O2S/c13-9-2-1-7(5-10(9)14)12-11(16)8(3-4-15)6-17-12/h1-2,4-6,16H,3H2. The number of halogens is 2. The first kappa shape index (κ1) is 12.4. The molecule has 2 aromatic rings. The average Bonchev–Trinajstić information content (AvgIpc) is 2.66. The lowest BCUT2D eigenvalue weighted by atomic mass is 10.1. The largest absolute Gasteiger partial charge is 0.506 e. The summed E-state index contributed by atoms with van der Waals surface area (Å²) in [6, 6.07) is 5.16. The van der Waals surface area contributed by atoms with Crippen molar-refractivity contribution in [1.29, 1.82) is 0 Å². The highest BCUT2D eigenvalue weighted by molar-refractivity contribution is 7.14. The zero-order valence-corrected chi connectivity index (χ0v) is 10.9. The van der Waals surface area contributed by atoms with E-state index < -0.39 is 0 Å². The van der Waals surface area contributed by atoms with Crippen LogP contribution >= 0.6 is 34.5 Å². The monoisotopic (exact) mass is 286 g/mol. The van der Waals surface area contributed by atoms with Crippen LogP contribution in [0.2, 0.25) is 10.0 Å². The second-order valence-corrected chi connectivity index (χ2v) is 5.13. The lowest BCUT2D eigenvalue weighted by Crippen LogP contribution is -1.82. The van der Waals surface area contributed by atoms with Gasteiger partial charge in [-0.05, 0) is 23.1 Å². The Bertz CT molecular complexity index is 564. The summed E-state index contributed by atoms with van der Waals surface area (Å²) in [7, 11) is 0. The van der Waals surface area contributed by atoms with E-state index in [0.29, 0.717) is 20.5 Å². The first-order valence-corrected chi connectivity index (χ1v) is 6.45. The number of carbonyl (C=O) groups excluding carboxylic acids is 1. The van der Waals surface area contributed by atoms with Crippen molar-refractivity contribution in [2.45, 2.75) is 6.42 Å². The summed E-state index contributed by atoms with van der Waals surface area (Å²) in [5, 5.41) is 12.6. The van der Waals surface area contributed by atoms with Gasteiger partial charge >= 0.3 is 0 Å². The lowest BCUT2D eigenvalue weighted by molar-refractivity contribution is -0.107. The predicted molar refractivity (Wildman–Crippen MR) is 71.2 cm³/mol. The molecule has 2 rings (SSSR count). The zero-order valence-electron chi connectivity index (χ0n) is 8.61. The molecule has 1 N–H and O–H groups in total. The highest BCUT2D eigenvalue weighted by Crippen LogP contribution is 2.40. The molecule has 0 aliphatic carbocycles. The van der Waals surface area contributed by atoms with Crippen molar-refractivity contribution in [2.75, 3.05) is 0 Å². The van der Waals surface area contributed by atoms with Crippen LogP contribution in [-0.2, 0) is 11.2 Å². The molecular weight excluding hydrogens is 279 g/mol. The summed E-state index contributed by atoms with van der Waals surface area (Å²) in [6.07, 6.45) is 0.976. The number of aromatic hydroxyl groups is 1. The quantitative estimate of drug-likeness (QED) is 0.860. The van der Waals surface area contributed by atoms with Crippen LogP contribution in [-0.4, -0.2) is 11.4 Å². The minimum absolute atomic E-state index is 0.139. The van der Waals surface area contributed by atoms with Crippen molar-refractivity contribution < 1.29 is 9.90 Å². The molecule has 0 aliphatic heterocycles. The number of benzene rings is 1. The first-order valence-electron chi connectivity index (χ1n) is 4.82. The summed E-state index contributed by atoms with van der Waals surface area (Å²) in [4.78, 5) is 11.1. The lowest BCUT2D eigenvalue weighted by Gasteiger charge is -2.02. The number of aldehydes is 1. The van der Waals surface area contributed by atoms with Crippen LogP contribution in [0.15, 0.2) is 23.6 Å². The molecule has 0 bridgehead atoms. The Kier molecular flexibility index (Phi) is 3.72. The van der Waals surface area contributed by atoms with Gasteiger partial charge in [-0.2, -0.15) is 0 Å². The third-order valence-corrected chi connectivity index (χ3v) is 4.13. The summed E-state index contributed by atoms with van der Waals surface area (Å²) < 4.78 is 0. The van der Waals surface area contributed by atoms with E-state index in [1.54, 1.807) is 23.6 Å². The van der Waals surface area contributed by atoms with Crippen molar-refractivity contribution in [1.82, 2.24) is 0 Å². The van der Waals surface area contributed by atoms with Gasteiger partial charge in [-0.3, -0.25) is 0 Å². The zero-order chi connectivity index (χ0) is 12.4. The van der Waals surface area contributed by atoms with E-state index in [9.17, 15) is 9.90 Å². The Morgan fingerprint density at radius 1 is 1.29 bits per heavy atom. The molecule has 1 aromatic carbocycles. The molecule has 88 valence electrons. The van der Waals surface area contributed by atoms with Gasteiger partial charge in [-0.1, -0.05) is 29.3 Å². The molecule has 0 saturated carbocycles. The maximum atomic E-state index is 10.4. The minimum Gasteiger partial charge on any atom is -0.506 e. The van der Waals surface area contributed by atoms with Crippen LogP contribution in [0.3, 0.4) is 0 Å². The van der Waals surface area contributed by atoms with E-state index in [1.165, 1.54) is 11.3 Å². The van der Waals surface area contributed by atoms with Gasteiger partial charge in [0.25, 0.3) is 0 Å². The van der Waals surface area contributed by atoms with Crippen molar-refractivity contribution in [3.8, 4) is 16.2 Å². The van der Waals surface area contributed by atoms with Crippen LogP contribution < -0.4 is 0 Å². The fraction of sp³-hybridized carbons (Fsp3) is 0.0833. The molecule has 17 heavy (non-hydrogen) atoms. The molecular formula is C12H8Cl2O2S. The number of carbonyl (C=O) groups is 1. The Morgan fingerprint density at radius 3 is 2.71 bits per heavy atom. The maximum absolute atomic E-state index is 10.4. The Morgan fingerprint density at radius 2 is 2.06 bits per heavy atom. The molecule has 1 aromatic heterocycles. The van der Waals surface area contributed by atoms with Crippen molar-refractivity contribution in [3.63, 3.8) is 0 Å². The van der Waals surface area contributed by atoms with Crippen LogP contribution in [0.25, 0.3) is 10.4 Å². The number of thiophene rings is 1. The Labute approximate surface area is 112 Å². The van der Waals surface area contributed by atoms with E-state index in [1.807, 2.05) is 0 Å². The summed E-state index contributed by atoms with van der Waals surface area (Å²) in [5.41, 5.74) is 1.42. The number of hydrogen-bond acceptors (Lipinski definition) is 3.